The number of ether oxygens (including phenoxy) is 1. The van der Waals surface area contributed by atoms with Gasteiger partial charge in [0.1, 0.15) is 0 Å². The monoisotopic (exact) mass is 233 g/mol. The van der Waals surface area contributed by atoms with Crippen LogP contribution in [-0.4, -0.2) is 27.8 Å². The fraction of sp³-hybridized carbons (Fsp3) is 0.273. The van der Waals surface area contributed by atoms with E-state index >= 15 is 0 Å². The average Bonchev–Trinajstić information content (AvgIpc) is 2.80. The summed E-state index contributed by atoms with van der Waals surface area (Å²) in [6.07, 6.45) is 1.61. The van der Waals surface area contributed by atoms with Crippen LogP contribution in [0.3, 0.4) is 0 Å². The standard InChI is InChI=1S/C11H11N3O3/c1-3-16-11(15)10-14-13-9(17-10)8-5-4-7(2)12-6-8/h4-6H,3H2,1-2H3. The summed E-state index contributed by atoms with van der Waals surface area (Å²) in [6.45, 7) is 3.85. The molecule has 2 aromatic rings. The predicted molar refractivity (Wildman–Crippen MR) is 58.2 cm³/mol. The van der Waals surface area contributed by atoms with Crippen molar-refractivity contribution in [1.29, 1.82) is 0 Å². The molecule has 0 N–H and O–H groups in total. The summed E-state index contributed by atoms with van der Waals surface area (Å²) in [4.78, 5) is 15.4. The van der Waals surface area contributed by atoms with Crippen LogP contribution in [0, 0.1) is 6.92 Å². The second kappa shape index (κ2) is 4.73. The number of carbonyl (C=O) groups excluding carboxylic acids is 1. The van der Waals surface area contributed by atoms with Gasteiger partial charge in [0.15, 0.2) is 0 Å². The van der Waals surface area contributed by atoms with Crippen molar-refractivity contribution in [3.8, 4) is 11.5 Å². The van der Waals surface area contributed by atoms with E-state index in [0.29, 0.717) is 5.56 Å². The molecule has 2 heterocycles. The molecule has 17 heavy (non-hydrogen) atoms. The summed E-state index contributed by atoms with van der Waals surface area (Å²) in [5.74, 6) is -0.519. The Kier molecular flexibility index (Phi) is 3.13. The molecule has 88 valence electrons. The number of pyridine rings is 1. The van der Waals surface area contributed by atoms with Gasteiger partial charge in [-0.25, -0.2) is 4.79 Å². The molecule has 6 nitrogen and oxygen atoms in total. The van der Waals surface area contributed by atoms with E-state index in [1.807, 2.05) is 13.0 Å². The van der Waals surface area contributed by atoms with Crippen LogP contribution in [0.25, 0.3) is 11.5 Å². The summed E-state index contributed by atoms with van der Waals surface area (Å²) >= 11 is 0. The van der Waals surface area contributed by atoms with Gasteiger partial charge in [0.25, 0.3) is 0 Å². The molecule has 0 radical (unpaired) electrons. The van der Waals surface area contributed by atoms with Gasteiger partial charge in [-0.15, -0.1) is 10.2 Å². The van der Waals surface area contributed by atoms with E-state index in [9.17, 15) is 4.79 Å². The van der Waals surface area contributed by atoms with Crippen molar-refractivity contribution < 1.29 is 13.9 Å². The zero-order chi connectivity index (χ0) is 12.3. The molecule has 0 fully saturated rings. The number of hydrogen-bond acceptors (Lipinski definition) is 6. The summed E-state index contributed by atoms with van der Waals surface area (Å²) in [5.41, 5.74) is 1.55. The first-order valence-electron chi connectivity index (χ1n) is 5.14. The third kappa shape index (κ3) is 2.47. The highest BCUT2D eigenvalue weighted by atomic mass is 16.5. The quantitative estimate of drug-likeness (QED) is 0.749. The SMILES string of the molecule is CCOC(=O)c1nnc(-c2ccc(C)nc2)o1. The van der Waals surface area contributed by atoms with Crippen LogP contribution < -0.4 is 0 Å². The predicted octanol–water partition coefficient (Wildman–Crippen LogP) is 1.62. The second-order valence-corrected chi connectivity index (χ2v) is 3.32. The third-order valence-corrected chi connectivity index (χ3v) is 2.03. The Morgan fingerprint density at radius 1 is 1.41 bits per heavy atom. The van der Waals surface area contributed by atoms with Gasteiger partial charge in [-0.1, -0.05) is 0 Å². The number of aromatic nitrogens is 3. The smallest absolute Gasteiger partial charge is 0.396 e. The minimum atomic E-state index is -0.619. The van der Waals surface area contributed by atoms with E-state index in [1.54, 1.807) is 19.2 Å². The molecule has 0 aliphatic rings. The lowest BCUT2D eigenvalue weighted by Gasteiger charge is -1.95. The van der Waals surface area contributed by atoms with Crippen molar-refractivity contribution in [2.45, 2.75) is 13.8 Å². The van der Waals surface area contributed by atoms with Crippen molar-refractivity contribution in [1.82, 2.24) is 15.2 Å². The van der Waals surface area contributed by atoms with Crippen molar-refractivity contribution in [3.63, 3.8) is 0 Å². The zero-order valence-corrected chi connectivity index (χ0v) is 9.51. The Labute approximate surface area is 97.6 Å². The molecule has 0 aromatic carbocycles. The van der Waals surface area contributed by atoms with Crippen LogP contribution in [0.2, 0.25) is 0 Å². The first kappa shape index (κ1) is 11.3. The molecular formula is C11H11N3O3. The first-order chi connectivity index (χ1) is 8.20. The number of hydrogen-bond donors (Lipinski definition) is 0. The Bertz CT molecular complexity index is 519. The molecule has 0 unspecified atom stereocenters. The molecule has 0 atom stereocenters. The second-order valence-electron chi connectivity index (χ2n) is 3.32. The Morgan fingerprint density at radius 2 is 2.24 bits per heavy atom. The number of carbonyl (C=O) groups is 1. The fourth-order valence-electron chi connectivity index (χ4n) is 1.21. The highest BCUT2D eigenvalue weighted by molar-refractivity contribution is 5.84. The van der Waals surface area contributed by atoms with Gasteiger partial charge in [-0.05, 0) is 26.0 Å². The summed E-state index contributed by atoms with van der Waals surface area (Å²) < 4.78 is 9.93. The van der Waals surface area contributed by atoms with Crippen LogP contribution in [0.4, 0.5) is 0 Å². The van der Waals surface area contributed by atoms with Crippen LogP contribution in [-0.2, 0) is 4.74 Å². The molecule has 0 saturated carbocycles. The molecule has 6 heteroatoms. The first-order valence-corrected chi connectivity index (χ1v) is 5.14. The molecule has 0 spiro atoms. The van der Waals surface area contributed by atoms with Crippen LogP contribution in [0.1, 0.15) is 23.3 Å². The van der Waals surface area contributed by atoms with E-state index in [4.69, 9.17) is 9.15 Å². The Morgan fingerprint density at radius 3 is 2.88 bits per heavy atom. The minimum Gasteiger partial charge on any atom is -0.459 e. The highest BCUT2D eigenvalue weighted by Crippen LogP contribution is 2.16. The van der Waals surface area contributed by atoms with Gasteiger partial charge >= 0.3 is 11.9 Å². The normalized spacial score (nSPS) is 10.2. The van der Waals surface area contributed by atoms with Crippen LogP contribution >= 0.6 is 0 Å². The number of rotatable bonds is 3. The van der Waals surface area contributed by atoms with E-state index in [0.717, 1.165) is 5.69 Å². The van der Waals surface area contributed by atoms with Crippen molar-refractivity contribution >= 4 is 5.97 Å². The molecule has 2 rings (SSSR count). The van der Waals surface area contributed by atoms with Gasteiger partial charge in [-0.2, -0.15) is 0 Å². The molecule has 0 aliphatic carbocycles. The highest BCUT2D eigenvalue weighted by Gasteiger charge is 2.16. The maximum Gasteiger partial charge on any atom is 0.396 e. The van der Waals surface area contributed by atoms with Crippen molar-refractivity contribution in [2.75, 3.05) is 6.61 Å². The fourth-order valence-corrected chi connectivity index (χ4v) is 1.21. The molecule has 0 amide bonds. The van der Waals surface area contributed by atoms with E-state index in [2.05, 4.69) is 15.2 Å². The van der Waals surface area contributed by atoms with E-state index < -0.39 is 5.97 Å². The molecule has 2 aromatic heterocycles. The van der Waals surface area contributed by atoms with Crippen LogP contribution in [0.15, 0.2) is 22.7 Å². The molecule has 0 saturated heterocycles. The summed E-state index contributed by atoms with van der Waals surface area (Å²) in [7, 11) is 0. The van der Waals surface area contributed by atoms with Gasteiger partial charge < -0.3 is 9.15 Å². The van der Waals surface area contributed by atoms with Crippen molar-refractivity contribution in [2.24, 2.45) is 0 Å². The lowest BCUT2D eigenvalue weighted by Crippen LogP contribution is -2.04. The minimum absolute atomic E-state index is 0.151. The summed E-state index contributed by atoms with van der Waals surface area (Å²) in [6, 6.07) is 3.62. The molecule has 0 bridgehead atoms. The third-order valence-electron chi connectivity index (χ3n) is 2.03. The summed E-state index contributed by atoms with van der Waals surface area (Å²) in [5, 5.41) is 7.38. The van der Waals surface area contributed by atoms with E-state index in [-0.39, 0.29) is 18.4 Å². The maximum absolute atomic E-state index is 11.3. The number of aryl methyl sites for hydroxylation is 1. The average molecular weight is 233 g/mol. The van der Waals surface area contributed by atoms with Crippen LogP contribution in [0.5, 0.6) is 0 Å². The van der Waals surface area contributed by atoms with Gasteiger partial charge in [0.05, 0.1) is 12.2 Å². The number of nitrogens with zero attached hydrogens (tertiary/aromatic N) is 3. The van der Waals surface area contributed by atoms with E-state index in [1.165, 1.54) is 0 Å². The maximum atomic E-state index is 11.3. The van der Waals surface area contributed by atoms with Crippen molar-refractivity contribution in [3.05, 3.63) is 29.9 Å². The lowest BCUT2D eigenvalue weighted by molar-refractivity contribution is 0.0481. The Hall–Kier alpha value is -2.24. The molecule has 0 aliphatic heterocycles. The van der Waals surface area contributed by atoms with Gasteiger partial charge in [-0.3, -0.25) is 4.98 Å². The largest absolute Gasteiger partial charge is 0.459 e. The van der Waals surface area contributed by atoms with Gasteiger partial charge in [0.2, 0.25) is 5.89 Å². The zero-order valence-electron chi connectivity index (χ0n) is 9.51. The number of esters is 1. The van der Waals surface area contributed by atoms with Gasteiger partial charge in [0, 0.05) is 11.9 Å². The molecular weight excluding hydrogens is 222 g/mol. The Balaban J connectivity index is 2.23. The lowest BCUT2D eigenvalue weighted by atomic mass is 10.2. The topological polar surface area (TPSA) is 78.1 Å².